The predicted octanol–water partition coefficient (Wildman–Crippen LogP) is 4.14. The number of hydrogen-bond donors (Lipinski definition) is 1. The Bertz CT molecular complexity index is 957. The fraction of sp³-hybridized carbons (Fsp3) is 0.190. The second-order valence-corrected chi connectivity index (χ2v) is 7.07. The molecule has 0 saturated heterocycles. The van der Waals surface area contributed by atoms with Gasteiger partial charge in [-0.1, -0.05) is 41.9 Å². The molecule has 27 heavy (non-hydrogen) atoms. The summed E-state index contributed by atoms with van der Waals surface area (Å²) >= 11 is 5.87. The van der Waals surface area contributed by atoms with Gasteiger partial charge in [0.2, 0.25) is 5.95 Å². The van der Waals surface area contributed by atoms with Crippen molar-refractivity contribution in [1.82, 2.24) is 15.3 Å². The predicted molar refractivity (Wildman–Crippen MR) is 106 cm³/mol. The van der Waals surface area contributed by atoms with Crippen molar-refractivity contribution in [2.24, 2.45) is 0 Å². The Morgan fingerprint density at radius 1 is 1.15 bits per heavy atom. The maximum Gasteiger partial charge on any atom is 0.254 e. The lowest BCUT2D eigenvalue weighted by Gasteiger charge is -2.22. The number of aromatic nitrogens is 2. The first-order valence-electron chi connectivity index (χ1n) is 8.83. The second-order valence-electron chi connectivity index (χ2n) is 6.63. The van der Waals surface area contributed by atoms with Crippen molar-refractivity contribution >= 4 is 29.1 Å². The highest BCUT2D eigenvalue weighted by Crippen LogP contribution is 2.36. The summed E-state index contributed by atoms with van der Waals surface area (Å²) in [5.41, 5.74) is 3.84. The number of fused-ring (bicyclic) bond motifs is 1. The molecule has 1 unspecified atom stereocenters. The van der Waals surface area contributed by atoms with Crippen molar-refractivity contribution < 1.29 is 4.79 Å². The van der Waals surface area contributed by atoms with E-state index in [1.165, 1.54) is 5.56 Å². The average molecular weight is 379 g/mol. The molecule has 2 heterocycles. The molecule has 0 spiro atoms. The Labute approximate surface area is 163 Å². The zero-order chi connectivity index (χ0) is 18.8. The molecular weight excluding hydrogens is 360 g/mol. The number of nitrogens with zero attached hydrogens (tertiary/aromatic N) is 3. The molecule has 6 heteroatoms. The molecule has 0 aliphatic carbocycles. The van der Waals surface area contributed by atoms with Gasteiger partial charge in [0.25, 0.3) is 5.91 Å². The minimum atomic E-state index is -0.202. The minimum Gasteiger partial charge on any atom is -0.348 e. The first kappa shape index (κ1) is 17.5. The van der Waals surface area contributed by atoms with Crippen LogP contribution in [0, 0.1) is 0 Å². The molecule has 1 amide bonds. The third kappa shape index (κ3) is 3.64. The van der Waals surface area contributed by atoms with Crippen LogP contribution in [0.15, 0.2) is 60.9 Å². The highest BCUT2D eigenvalue weighted by Gasteiger charge is 2.28. The molecule has 1 N–H and O–H groups in total. The van der Waals surface area contributed by atoms with E-state index in [4.69, 9.17) is 11.6 Å². The number of para-hydroxylation sites is 1. The molecule has 5 nitrogen and oxygen atoms in total. The first-order valence-corrected chi connectivity index (χ1v) is 9.21. The average Bonchev–Trinajstić information content (AvgIpc) is 3.03. The molecule has 0 saturated carbocycles. The summed E-state index contributed by atoms with van der Waals surface area (Å²) in [6.07, 6.45) is 4.11. The fourth-order valence-corrected chi connectivity index (χ4v) is 3.45. The van der Waals surface area contributed by atoms with E-state index in [-0.39, 0.29) is 11.9 Å². The van der Waals surface area contributed by atoms with E-state index < -0.39 is 0 Å². The lowest BCUT2D eigenvalue weighted by molar-refractivity contribution is 0.0950. The van der Waals surface area contributed by atoms with Crippen LogP contribution in [-0.2, 0) is 13.0 Å². The quantitative estimate of drug-likeness (QED) is 0.741. The van der Waals surface area contributed by atoms with Gasteiger partial charge in [0, 0.05) is 35.7 Å². The van der Waals surface area contributed by atoms with Gasteiger partial charge in [-0.05, 0) is 42.7 Å². The van der Waals surface area contributed by atoms with E-state index in [0.29, 0.717) is 23.1 Å². The number of amides is 1. The number of hydrogen-bond acceptors (Lipinski definition) is 4. The number of benzene rings is 2. The second kappa shape index (κ2) is 7.37. The van der Waals surface area contributed by atoms with Gasteiger partial charge in [0.1, 0.15) is 0 Å². The summed E-state index contributed by atoms with van der Waals surface area (Å²) in [6.45, 7) is 2.57. The lowest BCUT2D eigenvalue weighted by atomic mass is 10.1. The Morgan fingerprint density at radius 3 is 2.59 bits per heavy atom. The van der Waals surface area contributed by atoms with E-state index in [9.17, 15) is 4.79 Å². The van der Waals surface area contributed by atoms with Gasteiger partial charge in [-0.25, -0.2) is 9.97 Å². The Balaban J connectivity index is 1.46. The summed E-state index contributed by atoms with van der Waals surface area (Å²) in [6, 6.07) is 15.9. The van der Waals surface area contributed by atoms with Crippen LogP contribution in [0.4, 0.5) is 11.6 Å². The fourth-order valence-electron chi connectivity index (χ4n) is 3.32. The Morgan fingerprint density at radius 2 is 1.85 bits per heavy atom. The van der Waals surface area contributed by atoms with Gasteiger partial charge >= 0.3 is 0 Å². The minimum absolute atomic E-state index is 0.202. The Kier molecular flexibility index (Phi) is 4.77. The van der Waals surface area contributed by atoms with Crippen molar-refractivity contribution in [3.63, 3.8) is 0 Å². The zero-order valence-corrected chi connectivity index (χ0v) is 15.6. The maximum absolute atomic E-state index is 12.3. The molecule has 1 aliphatic rings. The van der Waals surface area contributed by atoms with Crippen LogP contribution in [-0.4, -0.2) is 21.9 Å². The molecule has 3 aromatic rings. The zero-order valence-electron chi connectivity index (χ0n) is 14.9. The van der Waals surface area contributed by atoms with E-state index in [1.54, 1.807) is 24.5 Å². The summed E-state index contributed by atoms with van der Waals surface area (Å²) in [4.78, 5) is 23.3. The number of halogens is 1. The molecule has 4 rings (SSSR count). The van der Waals surface area contributed by atoms with Crippen molar-refractivity contribution in [2.75, 3.05) is 4.90 Å². The van der Waals surface area contributed by atoms with Crippen molar-refractivity contribution in [2.45, 2.75) is 25.9 Å². The lowest BCUT2D eigenvalue weighted by Crippen LogP contribution is -2.27. The van der Waals surface area contributed by atoms with Crippen LogP contribution in [0.3, 0.4) is 0 Å². The van der Waals surface area contributed by atoms with Gasteiger partial charge in [-0.2, -0.15) is 0 Å². The number of carbonyl (C=O) groups is 1. The molecule has 0 radical (unpaired) electrons. The maximum atomic E-state index is 12.3. The SMILES string of the molecule is CC1Cc2ccccc2N1c1ncc(C(=O)NCc2ccc(Cl)cc2)cn1. The van der Waals surface area contributed by atoms with Crippen LogP contribution in [0.25, 0.3) is 0 Å². The van der Waals surface area contributed by atoms with E-state index in [0.717, 1.165) is 17.7 Å². The molecule has 1 aliphatic heterocycles. The summed E-state index contributed by atoms with van der Waals surface area (Å²) < 4.78 is 0. The summed E-state index contributed by atoms with van der Waals surface area (Å²) in [7, 11) is 0. The first-order chi connectivity index (χ1) is 13.1. The summed E-state index contributed by atoms with van der Waals surface area (Å²) in [5, 5.41) is 3.55. The van der Waals surface area contributed by atoms with Crippen LogP contribution in [0.1, 0.15) is 28.4 Å². The number of rotatable bonds is 4. The molecule has 2 aromatic carbocycles. The van der Waals surface area contributed by atoms with Gasteiger partial charge < -0.3 is 10.2 Å². The largest absolute Gasteiger partial charge is 0.348 e. The van der Waals surface area contributed by atoms with Gasteiger partial charge in [-0.15, -0.1) is 0 Å². The molecule has 0 fully saturated rings. The van der Waals surface area contributed by atoms with Crippen LogP contribution in [0.5, 0.6) is 0 Å². The van der Waals surface area contributed by atoms with Crippen LogP contribution >= 0.6 is 11.6 Å². The van der Waals surface area contributed by atoms with E-state index in [2.05, 4.69) is 39.2 Å². The normalized spacial score (nSPS) is 15.5. The molecule has 136 valence electrons. The van der Waals surface area contributed by atoms with Gasteiger partial charge in [0.05, 0.1) is 5.56 Å². The van der Waals surface area contributed by atoms with Crippen molar-refractivity contribution in [1.29, 1.82) is 0 Å². The van der Waals surface area contributed by atoms with E-state index >= 15 is 0 Å². The standard InChI is InChI=1S/C21H19ClN4O/c1-14-10-16-4-2-3-5-19(16)26(14)21-24-12-17(13-25-21)20(27)23-11-15-6-8-18(22)9-7-15/h2-9,12-14H,10-11H2,1H3,(H,23,27). The van der Waals surface area contributed by atoms with Gasteiger partial charge in [-0.3, -0.25) is 4.79 Å². The molecule has 0 bridgehead atoms. The third-order valence-corrected chi connectivity index (χ3v) is 4.94. The van der Waals surface area contributed by atoms with E-state index in [1.807, 2.05) is 24.3 Å². The molecular formula is C21H19ClN4O. The molecule has 1 aromatic heterocycles. The van der Waals surface area contributed by atoms with Crippen molar-refractivity contribution in [3.8, 4) is 0 Å². The molecule has 1 atom stereocenters. The van der Waals surface area contributed by atoms with Crippen molar-refractivity contribution in [3.05, 3.63) is 82.6 Å². The topological polar surface area (TPSA) is 58.1 Å². The van der Waals surface area contributed by atoms with Gasteiger partial charge in [0.15, 0.2) is 0 Å². The number of nitrogens with one attached hydrogen (secondary N) is 1. The number of anilines is 2. The van der Waals surface area contributed by atoms with Crippen LogP contribution < -0.4 is 10.2 Å². The Hall–Kier alpha value is -2.92. The summed E-state index contributed by atoms with van der Waals surface area (Å²) in [5.74, 6) is 0.410. The van der Waals surface area contributed by atoms with Crippen LogP contribution in [0.2, 0.25) is 5.02 Å². The highest BCUT2D eigenvalue weighted by atomic mass is 35.5. The number of carbonyl (C=O) groups excluding carboxylic acids is 1. The highest BCUT2D eigenvalue weighted by molar-refractivity contribution is 6.30. The smallest absolute Gasteiger partial charge is 0.254 e. The monoisotopic (exact) mass is 378 g/mol. The third-order valence-electron chi connectivity index (χ3n) is 4.69.